The maximum atomic E-state index is 5.48. The zero-order valence-electron chi connectivity index (χ0n) is 14.0. The molecule has 2 aliphatic rings. The van der Waals surface area contributed by atoms with Crippen molar-refractivity contribution < 1.29 is 4.74 Å². The van der Waals surface area contributed by atoms with Crippen LogP contribution in [0.1, 0.15) is 19.3 Å². The number of aromatic nitrogens is 4. The average molecular weight is 395 g/mol. The number of piperidine rings is 1. The van der Waals surface area contributed by atoms with E-state index >= 15 is 0 Å². The minimum atomic E-state index is 0.488. The van der Waals surface area contributed by atoms with Crippen LogP contribution in [0, 0.1) is 0 Å². The Bertz CT molecular complexity index is 714. The smallest absolute Gasteiger partial charge is 0.164 e. The lowest BCUT2D eigenvalue weighted by atomic mass is 10.0. The third-order valence-electron chi connectivity index (χ3n) is 5.03. The first-order chi connectivity index (χ1) is 11.7. The number of aryl methyl sites for hydroxylation is 1. The van der Waals surface area contributed by atoms with Crippen LogP contribution in [0.3, 0.4) is 0 Å². The van der Waals surface area contributed by atoms with Gasteiger partial charge in [-0.25, -0.2) is 14.6 Å². The molecule has 0 bridgehead atoms. The Morgan fingerprint density at radius 1 is 1.21 bits per heavy atom. The van der Waals surface area contributed by atoms with Crippen molar-refractivity contribution in [3.63, 3.8) is 0 Å². The first-order valence-corrected chi connectivity index (χ1v) is 9.43. The predicted molar refractivity (Wildman–Crippen MR) is 96.2 cm³/mol. The first-order valence-electron chi connectivity index (χ1n) is 8.64. The van der Waals surface area contributed by atoms with E-state index in [1.807, 2.05) is 11.7 Å². The summed E-state index contributed by atoms with van der Waals surface area (Å²) in [6.07, 6.45) is 5.36. The van der Waals surface area contributed by atoms with Crippen LogP contribution in [-0.4, -0.2) is 70.1 Å². The summed E-state index contributed by atoms with van der Waals surface area (Å²) in [5.41, 5.74) is 0.877. The summed E-state index contributed by atoms with van der Waals surface area (Å²) < 4.78 is 8.12. The third kappa shape index (κ3) is 3.02. The molecule has 0 spiro atoms. The van der Waals surface area contributed by atoms with Gasteiger partial charge in [-0.1, -0.05) is 0 Å². The van der Waals surface area contributed by atoms with Crippen LogP contribution in [0.15, 0.2) is 10.9 Å². The molecule has 2 aromatic heterocycles. The van der Waals surface area contributed by atoms with Gasteiger partial charge in [0.15, 0.2) is 5.65 Å². The summed E-state index contributed by atoms with van der Waals surface area (Å²) in [6.45, 7) is 5.87. The second-order valence-corrected chi connectivity index (χ2v) is 7.32. The molecule has 8 heteroatoms. The van der Waals surface area contributed by atoms with E-state index < -0.39 is 0 Å². The molecule has 0 aromatic carbocycles. The summed E-state index contributed by atoms with van der Waals surface area (Å²) >= 11 is 3.59. The fourth-order valence-electron chi connectivity index (χ4n) is 3.80. The van der Waals surface area contributed by atoms with Gasteiger partial charge in [0.2, 0.25) is 0 Å². The van der Waals surface area contributed by atoms with Crippen LogP contribution >= 0.6 is 15.9 Å². The topological polar surface area (TPSA) is 59.3 Å². The predicted octanol–water partition coefficient (Wildman–Crippen LogP) is 1.82. The Hall–Kier alpha value is -1.25. The minimum Gasteiger partial charge on any atom is -0.379 e. The van der Waals surface area contributed by atoms with Crippen molar-refractivity contribution in [1.29, 1.82) is 0 Å². The highest BCUT2D eigenvalue weighted by atomic mass is 79.9. The summed E-state index contributed by atoms with van der Waals surface area (Å²) in [4.78, 5) is 14.0. The molecule has 2 aliphatic heterocycles. The van der Waals surface area contributed by atoms with E-state index in [2.05, 4.69) is 40.8 Å². The molecule has 0 aliphatic carbocycles. The lowest BCUT2D eigenvalue weighted by molar-refractivity contribution is 0.0338. The molecule has 0 amide bonds. The van der Waals surface area contributed by atoms with Crippen LogP contribution in [0.25, 0.3) is 11.0 Å². The van der Waals surface area contributed by atoms with Crippen molar-refractivity contribution in [3.05, 3.63) is 10.9 Å². The van der Waals surface area contributed by atoms with Gasteiger partial charge < -0.3 is 9.64 Å². The van der Waals surface area contributed by atoms with Crippen molar-refractivity contribution in [3.8, 4) is 0 Å². The number of ether oxygens (including phenoxy) is 1. The second-order valence-electron chi connectivity index (χ2n) is 6.57. The molecule has 1 unspecified atom stereocenters. The number of rotatable bonds is 3. The van der Waals surface area contributed by atoms with Gasteiger partial charge in [0.25, 0.3) is 0 Å². The van der Waals surface area contributed by atoms with E-state index in [-0.39, 0.29) is 0 Å². The number of hydrogen-bond acceptors (Lipinski definition) is 6. The fraction of sp³-hybridized carbons (Fsp3) is 0.688. The largest absolute Gasteiger partial charge is 0.379 e. The lowest BCUT2D eigenvalue weighted by Crippen LogP contribution is -2.49. The van der Waals surface area contributed by atoms with Crippen LogP contribution in [0.2, 0.25) is 0 Å². The van der Waals surface area contributed by atoms with E-state index in [1.165, 1.54) is 19.3 Å². The molecule has 2 aromatic rings. The number of morpholine rings is 1. The summed E-state index contributed by atoms with van der Waals surface area (Å²) in [5, 5.41) is 5.49. The monoisotopic (exact) mass is 394 g/mol. The molecule has 0 radical (unpaired) electrons. The lowest BCUT2D eigenvalue weighted by Gasteiger charge is -2.40. The van der Waals surface area contributed by atoms with E-state index in [0.717, 1.165) is 60.8 Å². The molecule has 4 rings (SSSR count). The maximum Gasteiger partial charge on any atom is 0.164 e. The number of fused-ring (bicyclic) bond motifs is 1. The van der Waals surface area contributed by atoms with Crippen molar-refractivity contribution >= 4 is 32.8 Å². The van der Waals surface area contributed by atoms with Crippen molar-refractivity contribution in [2.75, 3.05) is 44.3 Å². The molecule has 0 saturated carbocycles. The zero-order valence-corrected chi connectivity index (χ0v) is 15.6. The molecule has 2 fully saturated rings. The molecule has 24 heavy (non-hydrogen) atoms. The second kappa shape index (κ2) is 6.93. The van der Waals surface area contributed by atoms with Crippen LogP contribution in [-0.2, 0) is 11.8 Å². The van der Waals surface area contributed by atoms with Gasteiger partial charge in [-0.15, -0.1) is 0 Å². The molecule has 130 valence electrons. The van der Waals surface area contributed by atoms with Gasteiger partial charge in [-0.05, 0) is 35.2 Å². The highest BCUT2D eigenvalue weighted by Crippen LogP contribution is 2.33. The van der Waals surface area contributed by atoms with E-state index in [4.69, 9.17) is 4.74 Å². The highest BCUT2D eigenvalue weighted by molar-refractivity contribution is 9.10. The number of anilines is 1. The van der Waals surface area contributed by atoms with Gasteiger partial charge in [0.1, 0.15) is 16.7 Å². The van der Waals surface area contributed by atoms with Crippen LogP contribution in [0.5, 0.6) is 0 Å². The SMILES string of the molecule is Cn1nc(Br)c2c(N3CCCCC3CN3CCOCC3)ncnc21. The summed E-state index contributed by atoms with van der Waals surface area (Å²) in [7, 11) is 1.92. The average Bonchev–Trinajstić information content (AvgIpc) is 2.91. The van der Waals surface area contributed by atoms with E-state index in [0.29, 0.717) is 6.04 Å². The van der Waals surface area contributed by atoms with Gasteiger partial charge in [-0.2, -0.15) is 5.10 Å². The molecule has 2 saturated heterocycles. The third-order valence-corrected chi connectivity index (χ3v) is 5.58. The van der Waals surface area contributed by atoms with E-state index in [9.17, 15) is 0 Å². The fourth-order valence-corrected chi connectivity index (χ4v) is 4.39. The highest BCUT2D eigenvalue weighted by Gasteiger charge is 2.29. The summed E-state index contributed by atoms with van der Waals surface area (Å²) in [5.74, 6) is 1.01. The van der Waals surface area contributed by atoms with Crippen molar-refractivity contribution in [2.24, 2.45) is 7.05 Å². The maximum absolute atomic E-state index is 5.48. The Labute approximate surface area is 150 Å². The van der Waals surface area contributed by atoms with Crippen LogP contribution in [0.4, 0.5) is 5.82 Å². The Morgan fingerprint density at radius 2 is 2.04 bits per heavy atom. The van der Waals surface area contributed by atoms with Crippen molar-refractivity contribution in [2.45, 2.75) is 25.3 Å². The number of halogens is 1. The van der Waals surface area contributed by atoms with Gasteiger partial charge in [0.05, 0.1) is 18.6 Å². The molecule has 1 atom stereocenters. The van der Waals surface area contributed by atoms with Crippen molar-refractivity contribution in [1.82, 2.24) is 24.6 Å². The number of nitrogens with zero attached hydrogens (tertiary/aromatic N) is 6. The van der Waals surface area contributed by atoms with Gasteiger partial charge in [0, 0.05) is 39.3 Å². The van der Waals surface area contributed by atoms with Crippen LogP contribution < -0.4 is 4.90 Å². The standard InChI is InChI=1S/C16H23BrN6O/c1-21-15-13(14(17)20-21)16(19-11-18-15)23-5-3-2-4-12(23)10-22-6-8-24-9-7-22/h11-12H,2-10H2,1H3. The molecule has 7 nitrogen and oxygen atoms in total. The Morgan fingerprint density at radius 3 is 2.88 bits per heavy atom. The quantitative estimate of drug-likeness (QED) is 0.790. The molecule has 0 N–H and O–H groups in total. The number of hydrogen-bond donors (Lipinski definition) is 0. The van der Waals surface area contributed by atoms with Gasteiger partial charge >= 0.3 is 0 Å². The van der Waals surface area contributed by atoms with Gasteiger partial charge in [-0.3, -0.25) is 4.90 Å². The first kappa shape index (κ1) is 16.2. The summed E-state index contributed by atoms with van der Waals surface area (Å²) in [6, 6.07) is 0.488. The van der Waals surface area contributed by atoms with E-state index in [1.54, 1.807) is 6.33 Å². The normalized spacial score (nSPS) is 23.1. The zero-order chi connectivity index (χ0) is 16.5. The Balaban J connectivity index is 1.65. The Kier molecular flexibility index (Phi) is 4.69. The molecular formula is C16H23BrN6O. The minimum absolute atomic E-state index is 0.488. The molecular weight excluding hydrogens is 372 g/mol. The molecule has 4 heterocycles.